The van der Waals surface area contributed by atoms with Gasteiger partial charge in [-0.15, -0.1) is 0 Å². The molecule has 0 atom stereocenters. The zero-order valence-corrected chi connectivity index (χ0v) is 8.93. The molecule has 0 unspecified atom stereocenters. The maximum Gasteiger partial charge on any atom is 0.413 e. The maximum atomic E-state index is 13.4. The van der Waals surface area contributed by atoms with Crippen LogP contribution in [0.5, 0.6) is 0 Å². The average molecular weight is 244 g/mol. The van der Waals surface area contributed by atoms with Gasteiger partial charge < -0.3 is 9.72 Å². The lowest BCUT2D eigenvalue weighted by atomic mass is 10.3. The van der Waals surface area contributed by atoms with Gasteiger partial charge in [-0.2, -0.15) is 0 Å². The molecule has 0 aliphatic rings. The number of nitrogens with zero attached hydrogens (tertiary/aromatic N) is 1. The molecule has 0 spiro atoms. The standard InChI is InChI=1S/C9H7ClFN3O2/c1-16-9(15)14-8-12-6-3-4(10)2-5(11)7(6)13-8/h2-3H,1H3,(H2,12,13,14,15). The molecule has 1 aromatic heterocycles. The minimum absolute atomic E-state index is 0.100. The van der Waals surface area contributed by atoms with Gasteiger partial charge in [0.2, 0.25) is 5.95 Å². The second-order valence-corrected chi connectivity index (χ2v) is 3.42. The summed E-state index contributed by atoms with van der Waals surface area (Å²) in [6, 6.07) is 2.65. The number of anilines is 1. The van der Waals surface area contributed by atoms with Gasteiger partial charge in [-0.25, -0.2) is 14.2 Å². The van der Waals surface area contributed by atoms with Crippen LogP contribution in [0, 0.1) is 5.82 Å². The number of benzene rings is 1. The minimum atomic E-state index is -0.689. The number of imidazole rings is 1. The normalized spacial score (nSPS) is 10.4. The number of methoxy groups -OCH3 is 1. The van der Waals surface area contributed by atoms with E-state index < -0.39 is 11.9 Å². The topological polar surface area (TPSA) is 67.0 Å². The van der Waals surface area contributed by atoms with Crippen LogP contribution in [-0.4, -0.2) is 23.2 Å². The van der Waals surface area contributed by atoms with Crippen LogP contribution in [0.4, 0.5) is 15.1 Å². The van der Waals surface area contributed by atoms with E-state index in [0.29, 0.717) is 5.52 Å². The first-order valence-corrected chi connectivity index (χ1v) is 4.67. The summed E-state index contributed by atoms with van der Waals surface area (Å²) in [5, 5.41) is 2.54. The Labute approximate surface area is 94.6 Å². The quantitative estimate of drug-likeness (QED) is 0.809. The lowest BCUT2D eigenvalue weighted by Gasteiger charge is -1.96. The molecule has 0 aliphatic heterocycles. The van der Waals surface area contributed by atoms with Crippen molar-refractivity contribution in [2.45, 2.75) is 0 Å². The first-order chi connectivity index (χ1) is 7.60. The third-order valence-electron chi connectivity index (χ3n) is 1.91. The van der Waals surface area contributed by atoms with Crippen LogP contribution in [0.25, 0.3) is 11.0 Å². The number of carbonyl (C=O) groups is 1. The molecule has 1 aromatic carbocycles. The molecule has 0 bridgehead atoms. The van der Waals surface area contributed by atoms with Crippen molar-refractivity contribution in [1.82, 2.24) is 9.97 Å². The molecule has 2 rings (SSSR count). The zero-order chi connectivity index (χ0) is 11.7. The van der Waals surface area contributed by atoms with Gasteiger partial charge in [0.1, 0.15) is 5.52 Å². The fourth-order valence-electron chi connectivity index (χ4n) is 1.25. The van der Waals surface area contributed by atoms with Crippen LogP contribution in [0.15, 0.2) is 12.1 Å². The lowest BCUT2D eigenvalue weighted by Crippen LogP contribution is -2.11. The Kier molecular flexibility index (Phi) is 2.66. The highest BCUT2D eigenvalue weighted by atomic mass is 35.5. The van der Waals surface area contributed by atoms with Gasteiger partial charge in [0.05, 0.1) is 12.6 Å². The second kappa shape index (κ2) is 3.97. The van der Waals surface area contributed by atoms with Gasteiger partial charge in [0.25, 0.3) is 0 Å². The van der Waals surface area contributed by atoms with Crippen LogP contribution in [0.1, 0.15) is 0 Å². The molecule has 0 aliphatic carbocycles. The molecule has 2 aromatic rings. The van der Waals surface area contributed by atoms with E-state index in [2.05, 4.69) is 20.0 Å². The number of nitrogens with one attached hydrogen (secondary N) is 2. The van der Waals surface area contributed by atoms with Gasteiger partial charge in [-0.05, 0) is 12.1 Å². The van der Waals surface area contributed by atoms with Crippen molar-refractivity contribution in [3.05, 3.63) is 23.0 Å². The van der Waals surface area contributed by atoms with Gasteiger partial charge >= 0.3 is 6.09 Å². The summed E-state index contributed by atoms with van der Waals surface area (Å²) in [7, 11) is 1.22. The summed E-state index contributed by atoms with van der Waals surface area (Å²) < 4.78 is 17.7. The van der Waals surface area contributed by atoms with Gasteiger partial charge in [0.15, 0.2) is 5.82 Å². The first-order valence-electron chi connectivity index (χ1n) is 4.30. The van der Waals surface area contributed by atoms with E-state index in [0.717, 1.165) is 6.07 Å². The van der Waals surface area contributed by atoms with E-state index in [9.17, 15) is 9.18 Å². The molecular formula is C9H7ClFN3O2. The molecule has 0 radical (unpaired) electrons. The fraction of sp³-hybridized carbons (Fsp3) is 0.111. The summed E-state index contributed by atoms with van der Waals surface area (Å²) in [4.78, 5) is 17.4. The van der Waals surface area contributed by atoms with Crippen molar-refractivity contribution in [3.8, 4) is 0 Å². The number of hydrogen-bond donors (Lipinski definition) is 2. The number of hydrogen-bond acceptors (Lipinski definition) is 3. The average Bonchev–Trinajstić information content (AvgIpc) is 2.60. The molecule has 5 nitrogen and oxygen atoms in total. The van der Waals surface area contributed by atoms with Crippen molar-refractivity contribution < 1.29 is 13.9 Å². The summed E-state index contributed by atoms with van der Waals surface area (Å²) in [6.45, 7) is 0. The Balaban J connectivity index is 2.44. The molecule has 0 fully saturated rings. The van der Waals surface area contributed by atoms with Gasteiger partial charge in [0, 0.05) is 5.02 Å². The molecule has 0 saturated carbocycles. The highest BCUT2D eigenvalue weighted by Crippen LogP contribution is 2.22. The van der Waals surface area contributed by atoms with Crippen LogP contribution >= 0.6 is 11.6 Å². The summed E-state index contributed by atoms with van der Waals surface area (Å²) in [5.41, 5.74) is 0.507. The van der Waals surface area contributed by atoms with E-state index in [1.165, 1.54) is 13.2 Å². The van der Waals surface area contributed by atoms with Crippen LogP contribution in [0.3, 0.4) is 0 Å². The van der Waals surface area contributed by atoms with Gasteiger partial charge in [-0.1, -0.05) is 11.6 Å². The summed E-state index contributed by atoms with van der Waals surface area (Å²) in [6.07, 6.45) is -0.689. The van der Waals surface area contributed by atoms with E-state index in [1.807, 2.05) is 0 Å². The molecule has 0 saturated heterocycles. The van der Waals surface area contributed by atoms with E-state index in [-0.39, 0.29) is 16.5 Å². The molecule has 1 heterocycles. The number of fused-ring (bicyclic) bond motifs is 1. The monoisotopic (exact) mass is 243 g/mol. The predicted octanol–water partition coefficient (Wildman–Crippen LogP) is 2.53. The molecule has 16 heavy (non-hydrogen) atoms. The third-order valence-corrected chi connectivity index (χ3v) is 2.13. The fourth-order valence-corrected chi connectivity index (χ4v) is 1.45. The highest BCUT2D eigenvalue weighted by Gasteiger charge is 2.10. The number of aromatic amines is 1. The summed E-state index contributed by atoms with van der Waals surface area (Å²) in [5.74, 6) is -0.459. The molecular weight excluding hydrogens is 237 g/mol. The van der Waals surface area contributed by atoms with Crippen LogP contribution in [0.2, 0.25) is 5.02 Å². The van der Waals surface area contributed by atoms with Crippen molar-refractivity contribution in [2.75, 3.05) is 12.4 Å². The Morgan fingerprint density at radius 3 is 3.06 bits per heavy atom. The van der Waals surface area contributed by atoms with E-state index in [4.69, 9.17) is 11.6 Å². The summed E-state index contributed by atoms with van der Waals surface area (Å²) >= 11 is 5.67. The Hall–Kier alpha value is -1.82. The predicted molar refractivity (Wildman–Crippen MR) is 57.1 cm³/mol. The number of aromatic nitrogens is 2. The van der Waals surface area contributed by atoms with E-state index >= 15 is 0 Å². The molecule has 1 amide bonds. The molecule has 7 heteroatoms. The van der Waals surface area contributed by atoms with Crippen molar-refractivity contribution in [3.63, 3.8) is 0 Å². The number of carbonyl (C=O) groups excluding carboxylic acids is 1. The Bertz CT molecular complexity index is 555. The highest BCUT2D eigenvalue weighted by molar-refractivity contribution is 6.31. The SMILES string of the molecule is COC(=O)Nc1nc2c(F)cc(Cl)cc2[nH]1. The lowest BCUT2D eigenvalue weighted by molar-refractivity contribution is 0.186. The van der Waals surface area contributed by atoms with Crippen molar-refractivity contribution in [1.29, 1.82) is 0 Å². The largest absolute Gasteiger partial charge is 0.453 e. The molecule has 2 N–H and O–H groups in total. The number of ether oxygens (including phenoxy) is 1. The first kappa shape index (κ1) is 10.7. The van der Waals surface area contributed by atoms with Crippen molar-refractivity contribution in [2.24, 2.45) is 0 Å². The van der Waals surface area contributed by atoms with Crippen LogP contribution < -0.4 is 5.32 Å². The maximum absolute atomic E-state index is 13.4. The number of H-pyrrole nitrogens is 1. The second-order valence-electron chi connectivity index (χ2n) is 2.99. The zero-order valence-electron chi connectivity index (χ0n) is 8.17. The van der Waals surface area contributed by atoms with E-state index in [1.54, 1.807) is 0 Å². The molecule has 84 valence electrons. The van der Waals surface area contributed by atoms with Crippen molar-refractivity contribution >= 4 is 34.7 Å². The number of amides is 1. The minimum Gasteiger partial charge on any atom is -0.453 e. The smallest absolute Gasteiger partial charge is 0.413 e. The Morgan fingerprint density at radius 2 is 2.38 bits per heavy atom. The number of rotatable bonds is 1. The third kappa shape index (κ3) is 1.92. The number of halogens is 2. The van der Waals surface area contributed by atoms with Gasteiger partial charge in [-0.3, -0.25) is 5.32 Å². The Morgan fingerprint density at radius 1 is 1.62 bits per heavy atom. The van der Waals surface area contributed by atoms with Crippen LogP contribution in [-0.2, 0) is 4.74 Å².